The van der Waals surface area contributed by atoms with Gasteiger partial charge >= 0.3 is 12.1 Å². The van der Waals surface area contributed by atoms with E-state index >= 15 is 0 Å². The molecule has 0 aromatic heterocycles. The summed E-state index contributed by atoms with van der Waals surface area (Å²) >= 11 is 0. The second kappa shape index (κ2) is 11.3. The number of carbonyl (C=O) groups is 1. The lowest BCUT2D eigenvalue weighted by Crippen LogP contribution is -2.47. The van der Waals surface area contributed by atoms with Crippen LogP contribution in [0.1, 0.15) is 26.2 Å². The van der Waals surface area contributed by atoms with Gasteiger partial charge in [0.05, 0.1) is 19.6 Å². The van der Waals surface area contributed by atoms with Crippen LogP contribution in [-0.4, -0.2) is 80.8 Å². The number of rotatable bonds is 5. The summed E-state index contributed by atoms with van der Waals surface area (Å²) in [4.78, 5) is 19.8. The maximum atomic E-state index is 12.5. The fraction of sp³-hybridized carbons (Fsp3) is 0.882. The van der Waals surface area contributed by atoms with E-state index < -0.39 is 12.7 Å². The van der Waals surface area contributed by atoms with E-state index in [1.165, 1.54) is 12.0 Å². The summed E-state index contributed by atoms with van der Waals surface area (Å²) in [7, 11) is 1.41. The molecule has 27 heavy (non-hydrogen) atoms. The van der Waals surface area contributed by atoms with Crippen LogP contribution < -0.4 is 5.32 Å². The van der Waals surface area contributed by atoms with Crippen LogP contribution >= 0.6 is 24.0 Å². The molecule has 1 unspecified atom stereocenters. The number of methoxy groups -OCH3 is 1. The number of hydrogen-bond donors (Lipinski definition) is 1. The maximum absolute atomic E-state index is 12.5. The highest BCUT2D eigenvalue weighted by atomic mass is 127. The molecule has 0 saturated carbocycles. The first kappa shape index (κ1) is 24.3. The van der Waals surface area contributed by atoms with E-state index in [2.05, 4.69) is 15.2 Å². The van der Waals surface area contributed by atoms with Crippen molar-refractivity contribution in [1.29, 1.82) is 0 Å². The largest absolute Gasteiger partial charge is 0.469 e. The van der Waals surface area contributed by atoms with Crippen LogP contribution in [-0.2, 0) is 9.53 Å². The standard InChI is InChI=1S/C17H29F3N4O2.HI/c1-3-21-16(24-8-5-14(6-9-24)15(25)26-2)22-10-13-4-7-23(11-13)12-17(18,19)20;/h13-14H,3-12H2,1-2H3,(H,21,22);1H. The van der Waals surface area contributed by atoms with E-state index in [1.54, 1.807) is 0 Å². The molecule has 2 rings (SSSR count). The van der Waals surface area contributed by atoms with Crippen LogP contribution in [0.4, 0.5) is 13.2 Å². The summed E-state index contributed by atoms with van der Waals surface area (Å²) in [6, 6.07) is 0. The van der Waals surface area contributed by atoms with Gasteiger partial charge in [-0.25, -0.2) is 0 Å². The zero-order valence-corrected chi connectivity index (χ0v) is 18.3. The molecule has 0 bridgehead atoms. The van der Waals surface area contributed by atoms with E-state index in [9.17, 15) is 18.0 Å². The van der Waals surface area contributed by atoms with Crippen molar-refractivity contribution in [3.05, 3.63) is 0 Å². The number of likely N-dealkylation sites (tertiary alicyclic amines) is 2. The monoisotopic (exact) mass is 506 g/mol. The minimum atomic E-state index is -4.14. The summed E-state index contributed by atoms with van der Waals surface area (Å²) < 4.78 is 42.3. The molecule has 0 aliphatic carbocycles. The van der Waals surface area contributed by atoms with Crippen LogP contribution in [0.25, 0.3) is 0 Å². The van der Waals surface area contributed by atoms with Gasteiger partial charge in [-0.05, 0) is 38.6 Å². The molecular weight excluding hydrogens is 476 g/mol. The van der Waals surface area contributed by atoms with Crippen molar-refractivity contribution in [2.24, 2.45) is 16.8 Å². The van der Waals surface area contributed by atoms with Gasteiger partial charge in [0, 0.05) is 32.7 Å². The molecule has 2 saturated heterocycles. The molecule has 0 radical (unpaired) electrons. The van der Waals surface area contributed by atoms with E-state index in [0.29, 0.717) is 19.6 Å². The molecule has 1 N–H and O–H groups in total. The molecule has 1 atom stereocenters. The zero-order valence-electron chi connectivity index (χ0n) is 15.9. The number of halogens is 4. The predicted octanol–water partition coefficient (Wildman–Crippen LogP) is 2.34. The predicted molar refractivity (Wildman–Crippen MR) is 108 cm³/mol. The summed E-state index contributed by atoms with van der Waals surface area (Å²) in [5, 5.41) is 3.25. The summed E-state index contributed by atoms with van der Waals surface area (Å²) in [5.74, 6) is 0.705. The first-order valence-corrected chi connectivity index (χ1v) is 9.22. The Hall–Kier alpha value is -0.780. The first-order valence-electron chi connectivity index (χ1n) is 9.22. The Morgan fingerprint density at radius 2 is 1.89 bits per heavy atom. The van der Waals surface area contributed by atoms with Crippen molar-refractivity contribution in [3.8, 4) is 0 Å². The Morgan fingerprint density at radius 3 is 2.44 bits per heavy atom. The van der Waals surface area contributed by atoms with Crippen molar-refractivity contribution in [3.63, 3.8) is 0 Å². The van der Waals surface area contributed by atoms with Crippen molar-refractivity contribution >= 4 is 35.9 Å². The van der Waals surface area contributed by atoms with E-state index in [-0.39, 0.29) is 41.8 Å². The number of ether oxygens (including phenoxy) is 1. The van der Waals surface area contributed by atoms with Crippen molar-refractivity contribution in [2.75, 3.05) is 52.9 Å². The molecule has 2 aliphatic rings. The molecule has 2 fully saturated rings. The van der Waals surface area contributed by atoms with Gasteiger partial charge in [-0.1, -0.05) is 0 Å². The Kier molecular flexibility index (Phi) is 10.1. The minimum absolute atomic E-state index is 0. The zero-order chi connectivity index (χ0) is 19.2. The van der Waals surface area contributed by atoms with Gasteiger partial charge in [0.2, 0.25) is 0 Å². The Labute approximate surface area is 175 Å². The fourth-order valence-electron chi connectivity index (χ4n) is 3.59. The summed E-state index contributed by atoms with van der Waals surface area (Å²) in [6.45, 7) is 4.74. The van der Waals surface area contributed by atoms with Gasteiger partial charge in [-0.15, -0.1) is 24.0 Å². The van der Waals surface area contributed by atoms with Crippen LogP contribution in [0.3, 0.4) is 0 Å². The highest BCUT2D eigenvalue weighted by molar-refractivity contribution is 14.0. The lowest BCUT2D eigenvalue weighted by Gasteiger charge is -2.33. The van der Waals surface area contributed by atoms with Crippen LogP contribution in [0.15, 0.2) is 4.99 Å². The molecule has 0 amide bonds. The third kappa shape index (κ3) is 8.00. The van der Waals surface area contributed by atoms with Gasteiger partial charge in [0.1, 0.15) is 0 Å². The fourth-order valence-corrected chi connectivity index (χ4v) is 3.59. The topological polar surface area (TPSA) is 57.2 Å². The van der Waals surface area contributed by atoms with Gasteiger partial charge < -0.3 is 15.0 Å². The second-order valence-electron chi connectivity index (χ2n) is 6.98. The minimum Gasteiger partial charge on any atom is -0.469 e. The molecule has 0 aromatic rings. The SMILES string of the molecule is CCNC(=NCC1CCN(CC(F)(F)F)C1)N1CCC(C(=O)OC)CC1.I. The maximum Gasteiger partial charge on any atom is 0.401 e. The Bertz CT molecular complexity index is 497. The lowest BCUT2D eigenvalue weighted by atomic mass is 9.97. The molecule has 0 spiro atoms. The number of nitrogens with one attached hydrogen (secondary N) is 1. The normalized spacial score (nSPS) is 22.5. The first-order chi connectivity index (χ1) is 12.3. The smallest absolute Gasteiger partial charge is 0.401 e. The molecular formula is C17H30F3IN4O2. The third-order valence-electron chi connectivity index (χ3n) is 4.94. The molecule has 6 nitrogen and oxygen atoms in total. The number of piperidine rings is 1. The Balaban J connectivity index is 0.00000364. The van der Waals surface area contributed by atoms with Crippen molar-refractivity contribution in [1.82, 2.24) is 15.1 Å². The summed E-state index contributed by atoms with van der Waals surface area (Å²) in [6.07, 6.45) is -1.96. The average Bonchev–Trinajstić information content (AvgIpc) is 3.03. The number of guanidine groups is 1. The van der Waals surface area contributed by atoms with E-state index in [0.717, 1.165) is 44.9 Å². The molecule has 2 aliphatic heterocycles. The van der Waals surface area contributed by atoms with Gasteiger partial charge in [-0.3, -0.25) is 14.7 Å². The molecule has 158 valence electrons. The van der Waals surface area contributed by atoms with Crippen LogP contribution in [0, 0.1) is 11.8 Å². The van der Waals surface area contributed by atoms with Crippen LogP contribution in [0.5, 0.6) is 0 Å². The summed E-state index contributed by atoms with van der Waals surface area (Å²) in [5.41, 5.74) is 0. The van der Waals surface area contributed by atoms with E-state index in [4.69, 9.17) is 4.74 Å². The number of carbonyl (C=O) groups excluding carboxylic acids is 1. The van der Waals surface area contributed by atoms with Gasteiger partial charge in [-0.2, -0.15) is 13.2 Å². The van der Waals surface area contributed by atoms with Crippen molar-refractivity contribution < 1.29 is 22.7 Å². The highest BCUT2D eigenvalue weighted by Gasteiger charge is 2.34. The average molecular weight is 506 g/mol. The highest BCUT2D eigenvalue weighted by Crippen LogP contribution is 2.23. The van der Waals surface area contributed by atoms with Gasteiger partial charge in [0.15, 0.2) is 5.96 Å². The number of esters is 1. The molecule has 10 heteroatoms. The number of nitrogens with zero attached hydrogens (tertiary/aromatic N) is 3. The molecule has 0 aromatic carbocycles. The Morgan fingerprint density at radius 1 is 1.22 bits per heavy atom. The number of hydrogen-bond acceptors (Lipinski definition) is 4. The van der Waals surface area contributed by atoms with Gasteiger partial charge in [0.25, 0.3) is 0 Å². The van der Waals surface area contributed by atoms with Crippen LogP contribution in [0.2, 0.25) is 0 Å². The number of aliphatic imine (C=N–C) groups is 1. The quantitative estimate of drug-likeness (QED) is 0.269. The lowest BCUT2D eigenvalue weighted by molar-refractivity contribution is -0.146. The second-order valence-corrected chi connectivity index (χ2v) is 6.98. The number of alkyl halides is 3. The molecule has 2 heterocycles. The van der Waals surface area contributed by atoms with E-state index in [1.807, 2.05) is 6.92 Å². The third-order valence-corrected chi connectivity index (χ3v) is 4.94. The van der Waals surface area contributed by atoms with Crippen molar-refractivity contribution in [2.45, 2.75) is 32.4 Å².